The van der Waals surface area contributed by atoms with Gasteiger partial charge in [-0.15, -0.1) is 0 Å². The van der Waals surface area contributed by atoms with Crippen molar-refractivity contribution in [1.82, 2.24) is 10.1 Å². The molecule has 0 radical (unpaired) electrons. The third kappa shape index (κ3) is 1.43. The van der Waals surface area contributed by atoms with Crippen LogP contribution in [0.25, 0.3) is 22.2 Å². The minimum atomic E-state index is -1.15. The van der Waals surface area contributed by atoms with Crippen molar-refractivity contribution in [2.24, 2.45) is 0 Å². The molecule has 3 rings (SSSR count). The summed E-state index contributed by atoms with van der Waals surface area (Å²) < 4.78 is 4.99. The van der Waals surface area contributed by atoms with Crippen molar-refractivity contribution < 1.29 is 19.5 Å². The number of H-pyrrole nitrogens is 1. The van der Waals surface area contributed by atoms with Gasteiger partial charge in [0.15, 0.2) is 11.5 Å². The molecule has 3 aromatic rings. The van der Waals surface area contributed by atoms with Crippen LogP contribution in [0.2, 0.25) is 0 Å². The average molecular weight is 244 g/mol. The van der Waals surface area contributed by atoms with Crippen molar-refractivity contribution in [3.63, 3.8) is 0 Å². The van der Waals surface area contributed by atoms with E-state index in [1.54, 1.807) is 24.4 Å². The molecule has 0 saturated carbocycles. The average Bonchev–Trinajstić information content (AvgIpc) is 2.94. The molecule has 2 aromatic heterocycles. The van der Waals surface area contributed by atoms with E-state index in [0.717, 1.165) is 5.39 Å². The fraction of sp³-hybridized carbons (Fsp3) is 0. The number of nitrogens with one attached hydrogen (secondary N) is 1. The number of phenolic OH excluding ortho intramolecular Hbond substituents is 1. The van der Waals surface area contributed by atoms with E-state index in [1.165, 1.54) is 6.07 Å². The summed E-state index contributed by atoms with van der Waals surface area (Å²) >= 11 is 0. The minimum absolute atomic E-state index is 0.122. The van der Waals surface area contributed by atoms with E-state index in [4.69, 9.17) is 9.63 Å². The van der Waals surface area contributed by atoms with E-state index in [9.17, 15) is 9.90 Å². The van der Waals surface area contributed by atoms with Gasteiger partial charge in [0.1, 0.15) is 5.75 Å². The molecule has 0 fully saturated rings. The Bertz CT molecular complexity index is 741. The van der Waals surface area contributed by atoms with Crippen LogP contribution in [0.1, 0.15) is 10.5 Å². The van der Waals surface area contributed by atoms with Crippen LogP contribution in [-0.2, 0) is 0 Å². The lowest BCUT2D eigenvalue weighted by Crippen LogP contribution is -1.94. The maximum atomic E-state index is 10.7. The molecule has 0 atom stereocenters. The van der Waals surface area contributed by atoms with Crippen LogP contribution < -0.4 is 0 Å². The predicted octanol–water partition coefficient (Wildman–Crippen LogP) is 2.23. The van der Waals surface area contributed by atoms with Crippen molar-refractivity contribution in [2.45, 2.75) is 0 Å². The summed E-state index contributed by atoms with van der Waals surface area (Å²) in [6.07, 6.45) is 1.64. The smallest absolute Gasteiger partial charge is 0.358 e. The molecule has 2 heterocycles. The number of aromatic hydroxyl groups is 1. The summed E-state index contributed by atoms with van der Waals surface area (Å²) in [4.78, 5) is 13.6. The molecular weight excluding hydrogens is 236 g/mol. The first-order valence-electron chi connectivity index (χ1n) is 5.16. The Balaban J connectivity index is 2.19. The third-order valence-electron chi connectivity index (χ3n) is 2.69. The molecule has 0 saturated heterocycles. The number of hydrogen-bond acceptors (Lipinski definition) is 4. The monoisotopic (exact) mass is 244 g/mol. The molecular formula is C12H8N2O4. The van der Waals surface area contributed by atoms with Crippen LogP contribution in [0.15, 0.2) is 35.0 Å². The molecule has 6 heteroatoms. The third-order valence-corrected chi connectivity index (χ3v) is 2.69. The van der Waals surface area contributed by atoms with Gasteiger partial charge in [-0.05, 0) is 6.07 Å². The Hall–Kier alpha value is -2.76. The highest BCUT2D eigenvalue weighted by molar-refractivity contribution is 5.98. The molecule has 0 aliphatic heterocycles. The van der Waals surface area contributed by atoms with Crippen molar-refractivity contribution in [1.29, 1.82) is 0 Å². The summed E-state index contributed by atoms with van der Waals surface area (Å²) in [6, 6.07) is 6.40. The first kappa shape index (κ1) is 10.4. The van der Waals surface area contributed by atoms with Gasteiger partial charge in [0, 0.05) is 23.2 Å². The van der Waals surface area contributed by atoms with Crippen LogP contribution in [-0.4, -0.2) is 26.3 Å². The molecule has 0 bridgehead atoms. The Labute approximate surface area is 100 Å². The number of fused-ring (bicyclic) bond motifs is 1. The van der Waals surface area contributed by atoms with Gasteiger partial charge in [0.05, 0.1) is 5.52 Å². The number of nitrogens with zero attached hydrogens (tertiary/aromatic N) is 1. The molecule has 0 spiro atoms. The minimum Gasteiger partial charge on any atom is -0.506 e. The van der Waals surface area contributed by atoms with Crippen LogP contribution in [0.4, 0.5) is 0 Å². The summed E-state index contributed by atoms with van der Waals surface area (Å²) in [5, 5.41) is 22.6. The van der Waals surface area contributed by atoms with E-state index < -0.39 is 5.97 Å². The molecule has 1 aromatic carbocycles. The second-order valence-corrected chi connectivity index (χ2v) is 3.78. The Morgan fingerprint density at radius 1 is 1.39 bits per heavy atom. The summed E-state index contributed by atoms with van der Waals surface area (Å²) in [5.74, 6) is -0.686. The van der Waals surface area contributed by atoms with Crippen molar-refractivity contribution in [3.05, 3.63) is 36.2 Å². The molecule has 0 unspecified atom stereocenters. The van der Waals surface area contributed by atoms with Crippen LogP contribution >= 0.6 is 0 Å². The number of carboxylic acid groups (broad SMARTS) is 1. The number of carboxylic acids is 1. The molecule has 3 N–H and O–H groups in total. The molecule has 90 valence electrons. The number of aromatic carboxylic acids is 1. The standard InChI is InChI=1S/C12H8N2O4/c15-9-3-1-2-6-7(5-13-11(6)9)10-4-8(12(16)17)14-18-10/h1-5,13,15H,(H,16,17). The largest absolute Gasteiger partial charge is 0.506 e. The van der Waals surface area contributed by atoms with Gasteiger partial charge in [-0.1, -0.05) is 17.3 Å². The van der Waals surface area contributed by atoms with Crippen LogP contribution in [0, 0.1) is 0 Å². The second kappa shape index (κ2) is 3.63. The molecule has 18 heavy (non-hydrogen) atoms. The first-order chi connectivity index (χ1) is 8.66. The van der Waals surface area contributed by atoms with Crippen LogP contribution in [0.5, 0.6) is 5.75 Å². The van der Waals surface area contributed by atoms with E-state index in [1.807, 2.05) is 0 Å². The van der Waals surface area contributed by atoms with Gasteiger partial charge >= 0.3 is 5.97 Å². The van der Waals surface area contributed by atoms with Gasteiger partial charge in [-0.2, -0.15) is 0 Å². The lowest BCUT2D eigenvalue weighted by atomic mass is 10.1. The van der Waals surface area contributed by atoms with Gasteiger partial charge in [0.2, 0.25) is 0 Å². The number of phenols is 1. The summed E-state index contributed by atoms with van der Waals surface area (Å²) in [6.45, 7) is 0. The number of para-hydroxylation sites is 1. The molecule has 0 aliphatic carbocycles. The van der Waals surface area contributed by atoms with Gasteiger partial charge < -0.3 is 19.7 Å². The second-order valence-electron chi connectivity index (χ2n) is 3.78. The SMILES string of the molecule is O=C(O)c1cc(-c2c[nH]c3c(O)cccc23)on1. The highest BCUT2D eigenvalue weighted by Crippen LogP contribution is 2.32. The van der Waals surface area contributed by atoms with Gasteiger partial charge in [0.25, 0.3) is 0 Å². The van der Waals surface area contributed by atoms with Gasteiger partial charge in [-0.25, -0.2) is 4.79 Å². The number of benzene rings is 1. The maximum absolute atomic E-state index is 10.7. The maximum Gasteiger partial charge on any atom is 0.358 e. The highest BCUT2D eigenvalue weighted by Gasteiger charge is 2.16. The van der Waals surface area contributed by atoms with Gasteiger partial charge in [-0.3, -0.25) is 0 Å². The van der Waals surface area contributed by atoms with E-state index >= 15 is 0 Å². The van der Waals surface area contributed by atoms with Crippen molar-refractivity contribution >= 4 is 16.9 Å². The van der Waals surface area contributed by atoms with E-state index in [0.29, 0.717) is 16.8 Å². The normalized spacial score (nSPS) is 10.9. The van der Waals surface area contributed by atoms with Crippen molar-refractivity contribution in [2.75, 3.05) is 0 Å². The Morgan fingerprint density at radius 2 is 2.22 bits per heavy atom. The number of hydrogen-bond donors (Lipinski definition) is 3. The molecule has 0 aliphatic rings. The fourth-order valence-corrected chi connectivity index (χ4v) is 1.85. The predicted molar refractivity (Wildman–Crippen MR) is 62.4 cm³/mol. The number of aromatic amines is 1. The lowest BCUT2D eigenvalue weighted by molar-refractivity contribution is 0.0686. The first-order valence-corrected chi connectivity index (χ1v) is 5.16. The Morgan fingerprint density at radius 3 is 2.94 bits per heavy atom. The lowest BCUT2D eigenvalue weighted by Gasteiger charge is -1.95. The zero-order valence-corrected chi connectivity index (χ0v) is 9.04. The molecule has 0 amide bonds. The number of aromatic nitrogens is 2. The quantitative estimate of drug-likeness (QED) is 0.641. The summed E-state index contributed by atoms with van der Waals surface area (Å²) in [7, 11) is 0. The van der Waals surface area contributed by atoms with E-state index in [2.05, 4.69) is 10.1 Å². The Kier molecular flexibility index (Phi) is 2.09. The summed E-state index contributed by atoms with van der Waals surface area (Å²) in [5.41, 5.74) is 1.07. The zero-order chi connectivity index (χ0) is 12.7. The van der Waals surface area contributed by atoms with E-state index in [-0.39, 0.29) is 11.4 Å². The van der Waals surface area contributed by atoms with Crippen molar-refractivity contribution in [3.8, 4) is 17.1 Å². The highest BCUT2D eigenvalue weighted by atomic mass is 16.5. The topological polar surface area (TPSA) is 99.3 Å². The van der Waals surface area contributed by atoms with Crippen LogP contribution in [0.3, 0.4) is 0 Å². The molecule has 6 nitrogen and oxygen atoms in total. The fourth-order valence-electron chi connectivity index (χ4n) is 1.85. The number of carbonyl (C=O) groups is 1. The number of rotatable bonds is 2. The zero-order valence-electron chi connectivity index (χ0n) is 9.04.